The predicted octanol–water partition coefficient (Wildman–Crippen LogP) is 5.15. The molecule has 0 unspecified atom stereocenters. The molecule has 0 aromatic heterocycles. The molecule has 0 N–H and O–H groups in total. The molecule has 122 valence electrons. The molecule has 0 fully saturated rings. The smallest absolute Gasteiger partial charge is 0.306 e. The highest BCUT2D eigenvalue weighted by Gasteiger charge is 2.04. The first-order valence-electron chi connectivity index (χ1n) is 7.04. The summed E-state index contributed by atoms with van der Waals surface area (Å²) in [5.41, 5.74) is 0. The lowest BCUT2D eigenvalue weighted by Crippen LogP contribution is -2.11. The summed E-state index contributed by atoms with van der Waals surface area (Å²) in [6.07, 6.45) is 3.74. The first-order valence-corrected chi connectivity index (χ1v) is 9.52. The van der Waals surface area contributed by atoms with Crippen LogP contribution < -0.4 is 0 Å². The summed E-state index contributed by atoms with van der Waals surface area (Å²) in [6, 6.07) is 0. The standard InChI is InChI=1S/C14H28O3S2.CH4/c1-12(2)7-6-10-18-19-11-16-9-5-8-14(15)17-13(3)4;/h12-13H,5-11H2,1-4H3;1H4. The minimum atomic E-state index is -0.130. The molecule has 20 heavy (non-hydrogen) atoms. The van der Waals surface area contributed by atoms with E-state index in [4.69, 9.17) is 9.47 Å². The first kappa shape index (κ1) is 22.4. The molecule has 0 amide bonds. The highest BCUT2D eigenvalue weighted by Crippen LogP contribution is 2.23. The highest BCUT2D eigenvalue weighted by atomic mass is 33.1. The number of hydrogen-bond donors (Lipinski definition) is 0. The SMILES string of the molecule is C.CC(C)CCCSSCOCCCC(=O)OC(C)C. The second-order valence-electron chi connectivity index (χ2n) is 5.14. The Morgan fingerprint density at radius 1 is 1.10 bits per heavy atom. The minimum absolute atomic E-state index is 0. The third-order valence-corrected chi connectivity index (χ3v) is 4.43. The molecule has 0 aromatic rings. The van der Waals surface area contributed by atoms with Crippen LogP contribution in [-0.4, -0.2) is 30.4 Å². The molecular weight excluding hydrogens is 292 g/mol. The normalized spacial score (nSPS) is 10.7. The summed E-state index contributed by atoms with van der Waals surface area (Å²) in [5.74, 6) is 2.56. The molecule has 0 aromatic carbocycles. The molecule has 0 saturated carbocycles. The summed E-state index contributed by atoms with van der Waals surface area (Å²) >= 11 is 0. The van der Waals surface area contributed by atoms with Gasteiger partial charge < -0.3 is 9.47 Å². The molecule has 0 rings (SSSR count). The van der Waals surface area contributed by atoms with E-state index in [1.54, 1.807) is 10.8 Å². The molecule has 0 radical (unpaired) electrons. The van der Waals surface area contributed by atoms with Crippen LogP contribution in [-0.2, 0) is 14.3 Å². The molecule has 0 saturated heterocycles. The minimum Gasteiger partial charge on any atom is -0.463 e. The van der Waals surface area contributed by atoms with Crippen LogP contribution >= 0.6 is 21.6 Å². The molecule has 0 spiro atoms. The quantitative estimate of drug-likeness (QED) is 0.215. The second-order valence-corrected chi connectivity index (χ2v) is 7.67. The van der Waals surface area contributed by atoms with E-state index < -0.39 is 0 Å². The van der Waals surface area contributed by atoms with E-state index in [2.05, 4.69) is 13.8 Å². The lowest BCUT2D eigenvalue weighted by atomic mass is 10.1. The molecule has 5 heteroatoms. The van der Waals surface area contributed by atoms with E-state index in [-0.39, 0.29) is 19.5 Å². The summed E-state index contributed by atoms with van der Waals surface area (Å²) in [7, 11) is 3.62. The van der Waals surface area contributed by atoms with Gasteiger partial charge in [-0.3, -0.25) is 4.79 Å². The van der Waals surface area contributed by atoms with Crippen molar-refractivity contribution in [3.8, 4) is 0 Å². The van der Waals surface area contributed by atoms with Gasteiger partial charge in [0.25, 0.3) is 0 Å². The fourth-order valence-corrected chi connectivity index (χ4v) is 3.15. The van der Waals surface area contributed by atoms with Gasteiger partial charge in [-0.1, -0.05) is 49.3 Å². The maximum absolute atomic E-state index is 11.2. The lowest BCUT2D eigenvalue weighted by molar-refractivity contribution is -0.147. The summed E-state index contributed by atoms with van der Waals surface area (Å²) in [5, 5.41) is 0. The van der Waals surface area contributed by atoms with Crippen LogP contribution in [0.3, 0.4) is 0 Å². The van der Waals surface area contributed by atoms with E-state index in [0.717, 1.165) is 12.3 Å². The van der Waals surface area contributed by atoms with E-state index in [9.17, 15) is 4.79 Å². The van der Waals surface area contributed by atoms with Gasteiger partial charge in [0.2, 0.25) is 0 Å². The van der Waals surface area contributed by atoms with Crippen molar-refractivity contribution in [1.82, 2.24) is 0 Å². The van der Waals surface area contributed by atoms with Crippen molar-refractivity contribution in [2.45, 2.75) is 66.9 Å². The Morgan fingerprint density at radius 3 is 2.40 bits per heavy atom. The number of ether oxygens (including phenoxy) is 2. The summed E-state index contributed by atoms with van der Waals surface area (Å²) < 4.78 is 10.5. The van der Waals surface area contributed by atoms with Crippen LogP contribution in [0.5, 0.6) is 0 Å². The number of carbonyl (C=O) groups excluding carboxylic acids is 1. The number of carbonyl (C=O) groups is 1. The number of esters is 1. The Morgan fingerprint density at radius 2 is 1.80 bits per heavy atom. The molecule has 0 heterocycles. The van der Waals surface area contributed by atoms with Gasteiger partial charge in [-0.2, -0.15) is 0 Å². The average Bonchev–Trinajstić information content (AvgIpc) is 2.30. The molecule has 0 aliphatic heterocycles. The van der Waals surface area contributed by atoms with Crippen LogP contribution in [0.25, 0.3) is 0 Å². The van der Waals surface area contributed by atoms with Gasteiger partial charge in [-0.15, -0.1) is 0 Å². The van der Waals surface area contributed by atoms with Gasteiger partial charge in [0.05, 0.1) is 6.10 Å². The largest absolute Gasteiger partial charge is 0.463 e. The molecule has 3 nitrogen and oxygen atoms in total. The summed E-state index contributed by atoms with van der Waals surface area (Å²) in [6.45, 7) is 8.87. The maximum atomic E-state index is 11.2. The molecule has 0 atom stereocenters. The molecule has 0 aliphatic carbocycles. The van der Waals surface area contributed by atoms with Gasteiger partial charge in [0.1, 0.15) is 5.94 Å². The Kier molecular flexibility index (Phi) is 17.4. The van der Waals surface area contributed by atoms with Crippen LogP contribution in [0.4, 0.5) is 0 Å². The Hall–Kier alpha value is 0.130. The Labute approximate surface area is 133 Å². The van der Waals surface area contributed by atoms with Crippen molar-refractivity contribution in [1.29, 1.82) is 0 Å². The van der Waals surface area contributed by atoms with Crippen molar-refractivity contribution in [3.63, 3.8) is 0 Å². The number of hydrogen-bond acceptors (Lipinski definition) is 5. The van der Waals surface area contributed by atoms with Crippen molar-refractivity contribution in [3.05, 3.63) is 0 Å². The van der Waals surface area contributed by atoms with Gasteiger partial charge in [0.15, 0.2) is 0 Å². The van der Waals surface area contributed by atoms with E-state index in [1.165, 1.54) is 18.6 Å². The Bertz CT molecular complexity index is 221. The number of rotatable bonds is 12. The average molecular weight is 325 g/mol. The van der Waals surface area contributed by atoms with E-state index >= 15 is 0 Å². The fraction of sp³-hybridized carbons (Fsp3) is 0.933. The van der Waals surface area contributed by atoms with Crippen molar-refractivity contribution in [2.24, 2.45) is 5.92 Å². The fourth-order valence-electron chi connectivity index (χ4n) is 1.38. The zero-order chi connectivity index (χ0) is 14.5. The van der Waals surface area contributed by atoms with Gasteiger partial charge >= 0.3 is 5.97 Å². The predicted molar refractivity (Wildman–Crippen MR) is 92.1 cm³/mol. The van der Waals surface area contributed by atoms with E-state index in [0.29, 0.717) is 19.0 Å². The monoisotopic (exact) mass is 324 g/mol. The van der Waals surface area contributed by atoms with E-state index in [1.807, 2.05) is 24.6 Å². The molecular formula is C15H32O3S2. The van der Waals surface area contributed by atoms with Crippen molar-refractivity contribution < 1.29 is 14.3 Å². The zero-order valence-electron chi connectivity index (χ0n) is 12.6. The van der Waals surface area contributed by atoms with Gasteiger partial charge in [0, 0.05) is 18.8 Å². The zero-order valence-corrected chi connectivity index (χ0v) is 14.3. The van der Waals surface area contributed by atoms with Crippen LogP contribution in [0.2, 0.25) is 0 Å². The third-order valence-electron chi connectivity index (χ3n) is 2.26. The second kappa shape index (κ2) is 15.5. The molecule has 0 bridgehead atoms. The van der Waals surface area contributed by atoms with Gasteiger partial charge in [-0.25, -0.2) is 0 Å². The first-order chi connectivity index (χ1) is 9.02. The Balaban J connectivity index is 0. The van der Waals surface area contributed by atoms with Crippen molar-refractivity contribution in [2.75, 3.05) is 18.3 Å². The lowest BCUT2D eigenvalue weighted by Gasteiger charge is -2.08. The summed E-state index contributed by atoms with van der Waals surface area (Å²) in [4.78, 5) is 11.2. The third kappa shape index (κ3) is 18.1. The molecule has 0 aliphatic rings. The topological polar surface area (TPSA) is 35.5 Å². The van der Waals surface area contributed by atoms with Crippen LogP contribution in [0.15, 0.2) is 0 Å². The van der Waals surface area contributed by atoms with Gasteiger partial charge in [-0.05, 0) is 32.6 Å². The van der Waals surface area contributed by atoms with Crippen LogP contribution in [0, 0.1) is 5.92 Å². The highest BCUT2D eigenvalue weighted by molar-refractivity contribution is 8.76. The van der Waals surface area contributed by atoms with Crippen LogP contribution in [0.1, 0.15) is 60.8 Å². The maximum Gasteiger partial charge on any atom is 0.306 e. The van der Waals surface area contributed by atoms with Crippen molar-refractivity contribution >= 4 is 27.6 Å².